The molecule has 4 aromatic rings. The van der Waals surface area contributed by atoms with Crippen LogP contribution in [0.4, 0.5) is 9.52 Å². The molecule has 0 N–H and O–H groups in total. The number of rotatable bonds is 6. The second-order valence-corrected chi connectivity index (χ2v) is 11.6. The molecule has 1 aliphatic heterocycles. The van der Waals surface area contributed by atoms with Gasteiger partial charge in [-0.2, -0.15) is 4.31 Å². The Kier molecular flexibility index (Phi) is 6.39. The summed E-state index contributed by atoms with van der Waals surface area (Å²) in [5, 5.41) is 0.999. The standard InChI is InChI=1S/C24H21ClFN3O4S2/c1-15-12-16(25)13-21-22(15)27-24(34-21)28(14-18-4-3-11-33-18)23(30)20-5-2-10-29(20)35(31,32)19-8-6-17(26)7-9-19/h3-4,6-9,11-13,20H,2,5,10,14H2,1H3. The number of fused-ring (bicyclic) bond motifs is 1. The third-order valence-corrected chi connectivity index (χ3v) is 9.10. The number of benzene rings is 2. The van der Waals surface area contributed by atoms with E-state index >= 15 is 0 Å². The SMILES string of the molecule is Cc1cc(Cl)cc2sc(N(Cc3ccco3)C(=O)C3CCCN3S(=O)(=O)c3ccc(F)cc3)nc12. The average molecular weight is 534 g/mol. The van der Waals surface area contributed by atoms with Gasteiger partial charge < -0.3 is 4.42 Å². The van der Waals surface area contributed by atoms with Crippen molar-refractivity contribution < 1.29 is 22.0 Å². The number of carbonyl (C=O) groups excluding carboxylic acids is 1. The van der Waals surface area contributed by atoms with Crippen molar-refractivity contribution in [3.63, 3.8) is 0 Å². The molecule has 11 heteroatoms. The number of halogens is 2. The Balaban J connectivity index is 1.53. The van der Waals surface area contributed by atoms with Crippen molar-refractivity contribution in [2.75, 3.05) is 11.4 Å². The fraction of sp³-hybridized carbons (Fsp3) is 0.250. The number of aryl methyl sites for hydroxylation is 1. The van der Waals surface area contributed by atoms with Gasteiger partial charge in [-0.1, -0.05) is 22.9 Å². The van der Waals surface area contributed by atoms with E-state index in [1.165, 1.54) is 38.9 Å². The van der Waals surface area contributed by atoms with Gasteiger partial charge >= 0.3 is 0 Å². The van der Waals surface area contributed by atoms with Crippen molar-refractivity contribution in [3.05, 3.63) is 77.0 Å². The van der Waals surface area contributed by atoms with Crippen LogP contribution in [0.2, 0.25) is 5.02 Å². The van der Waals surface area contributed by atoms with Crippen LogP contribution in [0.15, 0.2) is 64.1 Å². The zero-order valence-corrected chi connectivity index (χ0v) is 21.0. The van der Waals surface area contributed by atoms with E-state index in [4.69, 9.17) is 21.0 Å². The minimum Gasteiger partial charge on any atom is -0.467 e. The van der Waals surface area contributed by atoms with Crippen LogP contribution >= 0.6 is 22.9 Å². The molecule has 3 heterocycles. The largest absolute Gasteiger partial charge is 0.467 e. The lowest BCUT2D eigenvalue weighted by Gasteiger charge is -2.28. The molecule has 2 aromatic carbocycles. The second kappa shape index (κ2) is 9.34. The van der Waals surface area contributed by atoms with Gasteiger partial charge in [0.1, 0.15) is 17.6 Å². The van der Waals surface area contributed by atoms with E-state index in [1.807, 2.05) is 6.92 Å². The van der Waals surface area contributed by atoms with Gasteiger partial charge in [-0.3, -0.25) is 9.69 Å². The smallest absolute Gasteiger partial charge is 0.247 e. The summed E-state index contributed by atoms with van der Waals surface area (Å²) in [5.41, 5.74) is 1.61. The summed E-state index contributed by atoms with van der Waals surface area (Å²) < 4.78 is 47.6. The van der Waals surface area contributed by atoms with Gasteiger partial charge in [0.2, 0.25) is 15.9 Å². The van der Waals surface area contributed by atoms with Crippen molar-refractivity contribution in [1.29, 1.82) is 0 Å². The first-order chi connectivity index (χ1) is 16.7. The summed E-state index contributed by atoms with van der Waals surface area (Å²) in [6.07, 6.45) is 2.41. The zero-order chi connectivity index (χ0) is 24.7. The number of anilines is 1. The first kappa shape index (κ1) is 23.9. The van der Waals surface area contributed by atoms with Crippen LogP contribution in [0.1, 0.15) is 24.2 Å². The van der Waals surface area contributed by atoms with Crippen molar-refractivity contribution >= 4 is 54.2 Å². The van der Waals surface area contributed by atoms with Crippen LogP contribution in [0.3, 0.4) is 0 Å². The summed E-state index contributed by atoms with van der Waals surface area (Å²) in [7, 11) is -4.00. The van der Waals surface area contributed by atoms with E-state index in [1.54, 1.807) is 24.3 Å². The summed E-state index contributed by atoms with van der Waals surface area (Å²) in [6.45, 7) is 2.18. The first-order valence-corrected chi connectivity index (χ1v) is 13.6. The van der Waals surface area contributed by atoms with E-state index in [2.05, 4.69) is 0 Å². The minimum atomic E-state index is -4.00. The molecule has 0 radical (unpaired) electrons. The van der Waals surface area contributed by atoms with E-state index in [0.29, 0.717) is 28.8 Å². The molecule has 1 saturated heterocycles. The van der Waals surface area contributed by atoms with Gasteiger partial charge in [-0.05, 0) is 73.9 Å². The Hall–Kier alpha value is -2.79. The number of amides is 1. The topological polar surface area (TPSA) is 83.7 Å². The Labute approximate surface area is 210 Å². The van der Waals surface area contributed by atoms with Crippen LogP contribution < -0.4 is 4.90 Å². The molecule has 0 saturated carbocycles. The first-order valence-electron chi connectivity index (χ1n) is 10.9. The third-order valence-electron chi connectivity index (χ3n) is 5.94. The monoisotopic (exact) mass is 533 g/mol. The third kappa shape index (κ3) is 4.58. The number of hydrogen-bond donors (Lipinski definition) is 0. The molecule has 1 fully saturated rings. The predicted molar refractivity (Wildman–Crippen MR) is 133 cm³/mol. The van der Waals surface area contributed by atoms with Crippen molar-refractivity contribution in [3.8, 4) is 0 Å². The molecule has 2 aromatic heterocycles. The Bertz CT molecular complexity index is 1490. The normalized spacial score (nSPS) is 16.7. The highest BCUT2D eigenvalue weighted by Gasteiger charge is 2.42. The van der Waals surface area contributed by atoms with Gasteiger partial charge in [0.25, 0.3) is 0 Å². The second-order valence-electron chi connectivity index (χ2n) is 8.30. The minimum absolute atomic E-state index is 0.0542. The quantitative estimate of drug-likeness (QED) is 0.332. The molecule has 182 valence electrons. The van der Waals surface area contributed by atoms with E-state index in [0.717, 1.165) is 27.9 Å². The maximum absolute atomic E-state index is 13.9. The Morgan fingerprint density at radius 3 is 2.77 bits per heavy atom. The summed E-state index contributed by atoms with van der Waals surface area (Å²) in [5.74, 6) is -0.389. The van der Waals surface area contributed by atoms with Gasteiger partial charge in [-0.25, -0.2) is 17.8 Å². The highest BCUT2D eigenvalue weighted by Crippen LogP contribution is 2.36. The summed E-state index contributed by atoms with van der Waals surface area (Å²) in [4.78, 5) is 20.0. The molecule has 5 rings (SSSR count). The van der Waals surface area contributed by atoms with Crippen molar-refractivity contribution in [2.24, 2.45) is 0 Å². The molecular formula is C24H21ClFN3O4S2. The summed E-state index contributed by atoms with van der Waals surface area (Å²) >= 11 is 7.53. The molecule has 0 bridgehead atoms. The van der Waals surface area contributed by atoms with Crippen LogP contribution in [-0.2, 0) is 21.4 Å². The molecule has 1 atom stereocenters. The van der Waals surface area contributed by atoms with E-state index in [-0.39, 0.29) is 18.0 Å². The Morgan fingerprint density at radius 2 is 2.06 bits per heavy atom. The lowest BCUT2D eigenvalue weighted by Crippen LogP contribution is -2.47. The molecule has 1 amide bonds. The lowest BCUT2D eigenvalue weighted by atomic mass is 10.2. The average Bonchev–Trinajstić information content (AvgIpc) is 3.57. The fourth-order valence-electron chi connectivity index (χ4n) is 4.25. The lowest BCUT2D eigenvalue weighted by molar-refractivity contribution is -0.121. The maximum Gasteiger partial charge on any atom is 0.247 e. The molecule has 0 spiro atoms. The number of thiazole rings is 1. The number of nitrogens with zero attached hydrogens (tertiary/aromatic N) is 3. The molecule has 0 aliphatic carbocycles. The molecule has 7 nitrogen and oxygen atoms in total. The van der Waals surface area contributed by atoms with Crippen LogP contribution in [-0.4, -0.2) is 36.2 Å². The van der Waals surface area contributed by atoms with Gasteiger partial charge in [-0.15, -0.1) is 0 Å². The van der Waals surface area contributed by atoms with E-state index < -0.39 is 27.8 Å². The van der Waals surface area contributed by atoms with E-state index in [9.17, 15) is 17.6 Å². The van der Waals surface area contributed by atoms with Crippen molar-refractivity contribution in [2.45, 2.75) is 37.2 Å². The number of carbonyl (C=O) groups is 1. The maximum atomic E-state index is 13.9. The van der Waals surface area contributed by atoms with Gasteiger partial charge in [0, 0.05) is 11.6 Å². The Morgan fingerprint density at radius 1 is 1.29 bits per heavy atom. The molecule has 1 unspecified atom stereocenters. The zero-order valence-electron chi connectivity index (χ0n) is 18.6. The molecule has 35 heavy (non-hydrogen) atoms. The van der Waals surface area contributed by atoms with Crippen LogP contribution in [0.5, 0.6) is 0 Å². The summed E-state index contributed by atoms with van der Waals surface area (Å²) in [6, 6.07) is 10.8. The fourth-order valence-corrected chi connectivity index (χ4v) is 7.33. The number of furan rings is 1. The van der Waals surface area contributed by atoms with Crippen molar-refractivity contribution in [1.82, 2.24) is 9.29 Å². The number of hydrogen-bond acceptors (Lipinski definition) is 6. The number of sulfonamides is 1. The predicted octanol–water partition coefficient (Wildman–Crippen LogP) is 5.38. The highest BCUT2D eigenvalue weighted by molar-refractivity contribution is 7.89. The highest BCUT2D eigenvalue weighted by atomic mass is 35.5. The number of aromatic nitrogens is 1. The van der Waals surface area contributed by atoms with Gasteiger partial charge in [0.05, 0.1) is 27.9 Å². The van der Waals surface area contributed by atoms with Gasteiger partial charge in [0.15, 0.2) is 5.13 Å². The molecular weight excluding hydrogens is 513 g/mol. The molecule has 1 aliphatic rings. The van der Waals surface area contributed by atoms with Crippen LogP contribution in [0.25, 0.3) is 10.2 Å². The van der Waals surface area contributed by atoms with Crippen LogP contribution in [0, 0.1) is 12.7 Å².